The molecule has 0 radical (unpaired) electrons. The molecule has 0 atom stereocenters. The fourth-order valence-corrected chi connectivity index (χ4v) is 3.49. The second-order valence-corrected chi connectivity index (χ2v) is 6.77. The molecule has 2 heterocycles. The molecule has 2 aromatic rings. The van der Waals surface area contributed by atoms with Gasteiger partial charge in [-0.1, -0.05) is 30.3 Å². The van der Waals surface area contributed by atoms with Gasteiger partial charge in [0.05, 0.1) is 0 Å². The Balaban J connectivity index is 1.38. The van der Waals surface area contributed by atoms with Gasteiger partial charge in [-0.2, -0.15) is 0 Å². The van der Waals surface area contributed by atoms with Gasteiger partial charge in [-0.3, -0.25) is 4.79 Å². The number of aromatic nitrogens is 2. The van der Waals surface area contributed by atoms with Gasteiger partial charge in [-0.15, -0.1) is 0 Å². The highest BCUT2D eigenvalue weighted by molar-refractivity contribution is 5.76. The van der Waals surface area contributed by atoms with Gasteiger partial charge in [0, 0.05) is 38.4 Å². The van der Waals surface area contributed by atoms with Gasteiger partial charge in [0.1, 0.15) is 5.82 Å². The first-order chi connectivity index (χ1) is 11.7. The number of rotatable bonds is 6. The third kappa shape index (κ3) is 4.47. The fraction of sp³-hybridized carbons (Fsp3) is 0.500. The maximum Gasteiger partial charge on any atom is 0.222 e. The monoisotopic (exact) mass is 325 g/mol. The molecular formula is C20H27N3O. The molecule has 4 nitrogen and oxygen atoms in total. The van der Waals surface area contributed by atoms with Gasteiger partial charge in [0.2, 0.25) is 5.91 Å². The van der Waals surface area contributed by atoms with Crippen LogP contribution in [0.3, 0.4) is 0 Å². The SMILES string of the molecule is Cc1nccn1CCC1CCN(C(=O)CCc2ccccc2)CC1. The molecule has 1 aliphatic rings. The van der Waals surface area contributed by atoms with Crippen LogP contribution in [0.15, 0.2) is 42.7 Å². The van der Waals surface area contributed by atoms with Gasteiger partial charge in [-0.25, -0.2) is 4.98 Å². The van der Waals surface area contributed by atoms with Crippen molar-refractivity contribution in [1.82, 2.24) is 14.5 Å². The van der Waals surface area contributed by atoms with Gasteiger partial charge in [-0.05, 0) is 44.1 Å². The minimum Gasteiger partial charge on any atom is -0.343 e. The predicted molar refractivity (Wildman–Crippen MR) is 95.6 cm³/mol. The summed E-state index contributed by atoms with van der Waals surface area (Å²) in [5.41, 5.74) is 1.25. The Labute approximate surface area is 144 Å². The number of aryl methyl sites for hydroxylation is 3. The largest absolute Gasteiger partial charge is 0.343 e. The zero-order chi connectivity index (χ0) is 16.8. The van der Waals surface area contributed by atoms with Crippen LogP contribution in [-0.4, -0.2) is 33.4 Å². The molecule has 4 heteroatoms. The van der Waals surface area contributed by atoms with Gasteiger partial charge < -0.3 is 9.47 Å². The van der Waals surface area contributed by atoms with Crippen LogP contribution < -0.4 is 0 Å². The van der Waals surface area contributed by atoms with Gasteiger partial charge >= 0.3 is 0 Å². The molecule has 0 N–H and O–H groups in total. The molecule has 1 aromatic heterocycles. The molecular weight excluding hydrogens is 298 g/mol. The summed E-state index contributed by atoms with van der Waals surface area (Å²) in [6.45, 7) is 4.93. The smallest absolute Gasteiger partial charge is 0.222 e. The maximum atomic E-state index is 12.4. The summed E-state index contributed by atoms with van der Waals surface area (Å²) in [5, 5.41) is 0. The quantitative estimate of drug-likeness (QED) is 0.816. The second-order valence-electron chi connectivity index (χ2n) is 6.77. The Hall–Kier alpha value is -2.10. The summed E-state index contributed by atoms with van der Waals surface area (Å²) in [6, 6.07) is 10.3. The van der Waals surface area contributed by atoms with Crippen molar-refractivity contribution in [1.29, 1.82) is 0 Å². The fourth-order valence-electron chi connectivity index (χ4n) is 3.49. The maximum absolute atomic E-state index is 12.4. The highest BCUT2D eigenvalue weighted by Gasteiger charge is 2.22. The molecule has 0 spiro atoms. The first-order valence-electron chi connectivity index (χ1n) is 9.02. The zero-order valence-electron chi connectivity index (χ0n) is 14.5. The molecule has 1 saturated heterocycles. The second kappa shape index (κ2) is 8.13. The van der Waals surface area contributed by atoms with Crippen LogP contribution in [0, 0.1) is 12.8 Å². The first-order valence-corrected chi connectivity index (χ1v) is 9.02. The summed E-state index contributed by atoms with van der Waals surface area (Å²) in [4.78, 5) is 18.7. The normalized spacial score (nSPS) is 15.6. The number of nitrogens with zero attached hydrogens (tertiary/aromatic N) is 3. The molecule has 24 heavy (non-hydrogen) atoms. The zero-order valence-corrected chi connectivity index (χ0v) is 14.5. The van der Waals surface area contributed by atoms with Crippen LogP contribution in [0.5, 0.6) is 0 Å². The van der Waals surface area contributed by atoms with E-state index in [1.807, 2.05) is 31.3 Å². The third-order valence-electron chi connectivity index (χ3n) is 5.14. The first kappa shape index (κ1) is 16.7. The Bertz CT molecular complexity index is 642. The molecule has 3 rings (SSSR count). The third-order valence-corrected chi connectivity index (χ3v) is 5.14. The van der Waals surface area contributed by atoms with E-state index < -0.39 is 0 Å². The predicted octanol–water partition coefficient (Wildman–Crippen LogP) is 3.45. The standard InChI is InChI=1S/C20H27N3O/c1-17-21-12-16-22(17)13-9-19-10-14-23(15-11-19)20(24)8-7-18-5-3-2-4-6-18/h2-6,12,16,19H,7-11,13-15H2,1H3. The highest BCUT2D eigenvalue weighted by Crippen LogP contribution is 2.22. The van der Waals surface area contributed by atoms with Crippen molar-refractivity contribution in [3.63, 3.8) is 0 Å². The number of likely N-dealkylation sites (tertiary alicyclic amines) is 1. The van der Waals surface area contributed by atoms with E-state index in [1.54, 1.807) is 0 Å². The average Bonchev–Trinajstić information content (AvgIpc) is 3.04. The van der Waals surface area contributed by atoms with Gasteiger partial charge in [0.25, 0.3) is 0 Å². The number of amides is 1. The van der Waals surface area contributed by atoms with E-state index in [0.717, 1.165) is 50.6 Å². The van der Waals surface area contributed by atoms with Crippen molar-refractivity contribution in [3.8, 4) is 0 Å². The van der Waals surface area contributed by atoms with Gasteiger partial charge in [0.15, 0.2) is 0 Å². The number of carbonyl (C=O) groups is 1. The summed E-state index contributed by atoms with van der Waals surface area (Å²) >= 11 is 0. The van der Waals surface area contributed by atoms with E-state index in [-0.39, 0.29) is 0 Å². The molecule has 128 valence electrons. The van der Waals surface area contributed by atoms with E-state index in [1.165, 1.54) is 12.0 Å². The highest BCUT2D eigenvalue weighted by atomic mass is 16.2. The Kier molecular flexibility index (Phi) is 5.68. The molecule has 1 aliphatic heterocycles. The number of carbonyl (C=O) groups excluding carboxylic acids is 1. The van der Waals surface area contributed by atoms with E-state index in [0.29, 0.717) is 12.3 Å². The number of hydrogen-bond donors (Lipinski definition) is 0. The average molecular weight is 325 g/mol. The van der Waals surface area contributed by atoms with Crippen LogP contribution in [0.1, 0.15) is 37.1 Å². The van der Waals surface area contributed by atoms with E-state index in [2.05, 4.69) is 32.8 Å². The lowest BCUT2D eigenvalue weighted by Crippen LogP contribution is -2.38. The molecule has 1 aromatic carbocycles. The number of piperidine rings is 1. The van der Waals surface area contributed by atoms with E-state index in [4.69, 9.17) is 0 Å². The number of imidazole rings is 1. The van der Waals surface area contributed by atoms with Crippen LogP contribution in [-0.2, 0) is 17.8 Å². The molecule has 1 amide bonds. The van der Waals surface area contributed by atoms with E-state index in [9.17, 15) is 4.79 Å². The van der Waals surface area contributed by atoms with Crippen LogP contribution >= 0.6 is 0 Å². The summed E-state index contributed by atoms with van der Waals surface area (Å²) in [6.07, 6.45) is 8.84. The van der Waals surface area contributed by atoms with Crippen LogP contribution in [0.2, 0.25) is 0 Å². The molecule has 0 bridgehead atoms. The van der Waals surface area contributed by atoms with Crippen molar-refractivity contribution in [2.75, 3.05) is 13.1 Å². The number of hydrogen-bond acceptors (Lipinski definition) is 2. The van der Waals surface area contributed by atoms with Crippen LogP contribution in [0.25, 0.3) is 0 Å². The summed E-state index contributed by atoms with van der Waals surface area (Å²) in [5.74, 6) is 2.12. The Morgan fingerprint density at radius 2 is 1.96 bits per heavy atom. The summed E-state index contributed by atoms with van der Waals surface area (Å²) < 4.78 is 2.22. The molecule has 0 saturated carbocycles. The van der Waals surface area contributed by atoms with E-state index >= 15 is 0 Å². The lowest BCUT2D eigenvalue weighted by molar-refractivity contribution is -0.132. The van der Waals surface area contributed by atoms with Crippen molar-refractivity contribution in [2.45, 2.75) is 45.6 Å². The lowest BCUT2D eigenvalue weighted by atomic mass is 9.93. The van der Waals surface area contributed by atoms with Crippen LogP contribution in [0.4, 0.5) is 0 Å². The minimum absolute atomic E-state index is 0.308. The molecule has 0 unspecified atom stereocenters. The van der Waals surface area contributed by atoms with Crippen molar-refractivity contribution in [2.24, 2.45) is 5.92 Å². The minimum atomic E-state index is 0.308. The lowest BCUT2D eigenvalue weighted by Gasteiger charge is -2.32. The topological polar surface area (TPSA) is 38.1 Å². The van der Waals surface area contributed by atoms with Crippen molar-refractivity contribution < 1.29 is 4.79 Å². The molecule has 1 fully saturated rings. The molecule has 0 aliphatic carbocycles. The Morgan fingerprint density at radius 3 is 2.62 bits per heavy atom. The Morgan fingerprint density at radius 1 is 1.21 bits per heavy atom. The van der Waals surface area contributed by atoms with Crippen molar-refractivity contribution >= 4 is 5.91 Å². The van der Waals surface area contributed by atoms with Crippen molar-refractivity contribution in [3.05, 3.63) is 54.1 Å². The summed E-state index contributed by atoms with van der Waals surface area (Å²) in [7, 11) is 0. The number of benzene rings is 1.